The van der Waals surface area contributed by atoms with E-state index in [4.69, 9.17) is 10.2 Å². The summed E-state index contributed by atoms with van der Waals surface area (Å²) in [6.45, 7) is -0.657. The minimum Gasteiger partial charge on any atom is -0.391 e. The molecule has 0 aliphatic carbocycles. The Hall–Kier alpha value is -0.450. The van der Waals surface area contributed by atoms with Crippen LogP contribution in [-0.2, 0) is 9.53 Å². The lowest BCUT2D eigenvalue weighted by atomic mass is 10.7. The first kappa shape index (κ1) is 7.55. The summed E-state index contributed by atoms with van der Waals surface area (Å²) in [6, 6.07) is 0. The second kappa shape index (κ2) is 4.70. The Morgan fingerprint density at radius 3 is 2.75 bits per heavy atom. The summed E-state index contributed by atoms with van der Waals surface area (Å²) in [4.78, 5) is 9.51. The van der Waals surface area contributed by atoms with Gasteiger partial charge in [0.2, 0.25) is 0 Å². The van der Waals surface area contributed by atoms with E-state index in [1.54, 1.807) is 0 Å². The third-order valence-corrected chi connectivity index (χ3v) is 0.513. The van der Waals surface area contributed by atoms with Crippen LogP contribution in [0.4, 0.5) is 0 Å². The normalized spacial score (nSPS) is 13.2. The topological polar surface area (TPSA) is 66.8 Å². The van der Waals surface area contributed by atoms with Crippen molar-refractivity contribution in [1.29, 1.82) is 0 Å². The Balaban J connectivity index is 2.97. The van der Waals surface area contributed by atoms with Crippen molar-refractivity contribution in [3.63, 3.8) is 0 Å². The van der Waals surface area contributed by atoms with Crippen LogP contribution in [0.2, 0.25) is 0 Å². The Morgan fingerprint density at radius 2 is 2.38 bits per heavy atom. The monoisotopic (exact) mass is 120 g/mol. The van der Waals surface area contributed by atoms with Gasteiger partial charge in [0.25, 0.3) is 0 Å². The predicted molar refractivity (Wildman–Crippen MR) is 25.1 cm³/mol. The molecule has 0 aromatic rings. The van der Waals surface area contributed by atoms with Crippen molar-refractivity contribution in [3.05, 3.63) is 0 Å². The van der Waals surface area contributed by atoms with E-state index in [1.165, 1.54) is 0 Å². The Morgan fingerprint density at radius 1 is 1.75 bits per heavy atom. The van der Waals surface area contributed by atoms with Gasteiger partial charge in [-0.1, -0.05) is 0 Å². The van der Waals surface area contributed by atoms with E-state index in [1.807, 2.05) is 0 Å². The van der Waals surface area contributed by atoms with Crippen molar-refractivity contribution < 1.29 is 19.7 Å². The highest BCUT2D eigenvalue weighted by molar-refractivity contribution is 5.50. The van der Waals surface area contributed by atoms with Crippen molar-refractivity contribution in [2.75, 3.05) is 13.2 Å². The molecule has 48 valence electrons. The molecular formula is C4H8O4. The quantitative estimate of drug-likeness (QED) is 0.350. The van der Waals surface area contributed by atoms with Crippen molar-refractivity contribution in [3.8, 4) is 0 Å². The molecule has 0 amide bonds. The number of aliphatic hydroxyl groups excluding tert-OH is 2. The summed E-state index contributed by atoms with van der Waals surface area (Å²) in [5, 5.41) is 16.4. The molecule has 4 nitrogen and oxygen atoms in total. The van der Waals surface area contributed by atoms with E-state index in [0.717, 1.165) is 0 Å². The number of hydrogen-bond donors (Lipinski definition) is 2. The van der Waals surface area contributed by atoms with Gasteiger partial charge in [0, 0.05) is 0 Å². The lowest BCUT2D eigenvalue weighted by Gasteiger charge is -2.03. The molecule has 0 bridgehead atoms. The molecule has 0 aliphatic rings. The van der Waals surface area contributed by atoms with E-state index in [9.17, 15) is 4.79 Å². The van der Waals surface area contributed by atoms with Crippen LogP contribution in [0.3, 0.4) is 0 Å². The maximum Gasteiger partial charge on any atom is 0.178 e. The molecule has 0 aromatic carbocycles. The molecule has 8 heavy (non-hydrogen) atoms. The largest absolute Gasteiger partial charge is 0.391 e. The molecule has 0 aliphatic heterocycles. The van der Waals surface area contributed by atoms with Gasteiger partial charge in [-0.25, -0.2) is 0 Å². The van der Waals surface area contributed by atoms with Crippen LogP contribution in [0.15, 0.2) is 0 Å². The van der Waals surface area contributed by atoms with Gasteiger partial charge >= 0.3 is 0 Å². The molecule has 1 atom stereocenters. The van der Waals surface area contributed by atoms with E-state index >= 15 is 0 Å². The molecule has 4 heteroatoms. The highest BCUT2D eigenvalue weighted by Gasteiger charge is 1.97. The lowest BCUT2D eigenvalue weighted by Crippen LogP contribution is -2.17. The van der Waals surface area contributed by atoms with Crippen molar-refractivity contribution >= 4 is 6.29 Å². The number of hydrogen-bond acceptors (Lipinski definition) is 4. The Labute approximate surface area is 46.7 Å². The fraction of sp³-hybridized carbons (Fsp3) is 0.750. The summed E-state index contributed by atoms with van der Waals surface area (Å²) < 4.78 is 4.28. The van der Waals surface area contributed by atoms with Crippen LogP contribution < -0.4 is 0 Å². The van der Waals surface area contributed by atoms with Crippen molar-refractivity contribution in [2.24, 2.45) is 0 Å². The fourth-order valence-corrected chi connectivity index (χ4v) is 0.203. The van der Waals surface area contributed by atoms with Crippen LogP contribution in [0, 0.1) is 0 Å². The Kier molecular flexibility index (Phi) is 4.44. The van der Waals surface area contributed by atoms with Gasteiger partial charge in [-0.05, 0) is 0 Å². The average molecular weight is 120 g/mol. The van der Waals surface area contributed by atoms with Gasteiger partial charge in [0.15, 0.2) is 6.29 Å². The van der Waals surface area contributed by atoms with Crippen LogP contribution in [0.1, 0.15) is 0 Å². The number of carbonyl (C=O) groups is 1. The van der Waals surface area contributed by atoms with Crippen molar-refractivity contribution in [2.45, 2.75) is 6.29 Å². The molecule has 1 unspecified atom stereocenters. The van der Waals surface area contributed by atoms with E-state index < -0.39 is 12.9 Å². The molecule has 0 fully saturated rings. The van der Waals surface area contributed by atoms with Gasteiger partial charge in [-0.15, -0.1) is 0 Å². The number of carbonyl (C=O) groups excluding carboxylic acids is 1. The van der Waals surface area contributed by atoms with E-state index in [-0.39, 0.29) is 6.61 Å². The first-order chi connectivity index (χ1) is 3.81. The molecule has 2 N–H and O–H groups in total. The minimum atomic E-state index is -1.22. The SMILES string of the molecule is O=CCOC(O)CO. The first-order valence-electron chi connectivity index (χ1n) is 2.15. The zero-order valence-electron chi connectivity index (χ0n) is 4.28. The molecule has 0 heterocycles. The number of aliphatic hydroxyl groups is 2. The first-order valence-corrected chi connectivity index (χ1v) is 2.15. The molecule has 0 radical (unpaired) electrons. The van der Waals surface area contributed by atoms with Crippen LogP contribution in [-0.4, -0.2) is 36.0 Å². The highest BCUT2D eigenvalue weighted by atomic mass is 16.6. The molecular weight excluding hydrogens is 112 g/mol. The summed E-state index contributed by atoms with van der Waals surface area (Å²) in [6.07, 6.45) is -0.723. The second-order valence-corrected chi connectivity index (χ2v) is 1.14. The van der Waals surface area contributed by atoms with Crippen molar-refractivity contribution in [1.82, 2.24) is 0 Å². The van der Waals surface area contributed by atoms with E-state index in [0.29, 0.717) is 6.29 Å². The summed E-state index contributed by atoms with van der Waals surface area (Å²) >= 11 is 0. The van der Waals surface area contributed by atoms with E-state index in [2.05, 4.69) is 4.74 Å². The van der Waals surface area contributed by atoms with Crippen LogP contribution in [0.25, 0.3) is 0 Å². The molecule has 0 rings (SSSR count). The number of rotatable bonds is 4. The molecule has 0 spiro atoms. The maximum absolute atomic E-state index is 9.51. The third-order valence-electron chi connectivity index (χ3n) is 0.513. The average Bonchev–Trinajstić information content (AvgIpc) is 1.83. The molecule has 0 saturated heterocycles. The third kappa shape index (κ3) is 3.73. The second-order valence-electron chi connectivity index (χ2n) is 1.14. The highest BCUT2D eigenvalue weighted by Crippen LogP contribution is 1.80. The van der Waals surface area contributed by atoms with Gasteiger partial charge in [0.1, 0.15) is 12.9 Å². The maximum atomic E-state index is 9.51. The standard InChI is InChI=1S/C4H8O4/c5-1-2-8-4(7)3-6/h1,4,6-7H,2-3H2. The van der Waals surface area contributed by atoms with Gasteiger partial charge in [-0.2, -0.15) is 0 Å². The summed E-state index contributed by atoms with van der Waals surface area (Å²) in [7, 11) is 0. The van der Waals surface area contributed by atoms with Crippen LogP contribution >= 0.6 is 0 Å². The van der Waals surface area contributed by atoms with Crippen LogP contribution in [0.5, 0.6) is 0 Å². The van der Waals surface area contributed by atoms with Gasteiger partial charge < -0.3 is 19.7 Å². The summed E-state index contributed by atoms with van der Waals surface area (Å²) in [5.41, 5.74) is 0. The fourth-order valence-electron chi connectivity index (χ4n) is 0.203. The molecule has 0 aromatic heterocycles. The minimum absolute atomic E-state index is 0.179. The van der Waals surface area contributed by atoms with Gasteiger partial charge in [-0.3, -0.25) is 0 Å². The molecule has 0 saturated carbocycles. The Bertz CT molecular complexity index is 63.1. The number of ether oxygens (including phenoxy) is 1. The number of aldehydes is 1. The zero-order chi connectivity index (χ0) is 6.41. The van der Waals surface area contributed by atoms with Gasteiger partial charge in [0.05, 0.1) is 6.61 Å². The summed E-state index contributed by atoms with van der Waals surface area (Å²) in [5.74, 6) is 0. The predicted octanol–water partition coefficient (Wildman–Crippen LogP) is -1.49. The smallest absolute Gasteiger partial charge is 0.178 e. The lowest BCUT2D eigenvalue weighted by molar-refractivity contribution is -0.138. The zero-order valence-corrected chi connectivity index (χ0v) is 4.28.